The fourth-order valence-electron chi connectivity index (χ4n) is 3.88. The highest BCUT2D eigenvalue weighted by molar-refractivity contribution is 7.99. The Morgan fingerprint density at radius 3 is 2.61 bits per heavy atom. The second kappa shape index (κ2) is 9.20. The summed E-state index contributed by atoms with van der Waals surface area (Å²) in [4.78, 5) is 2.25. The summed E-state index contributed by atoms with van der Waals surface area (Å²) in [6, 6.07) is 16.3. The number of aryl methyl sites for hydroxylation is 1. The fraction of sp³-hybridized carbons (Fsp3) is 0.391. The van der Waals surface area contributed by atoms with Gasteiger partial charge in [0.15, 0.2) is 16.7 Å². The maximum atomic E-state index is 6.14. The van der Waals surface area contributed by atoms with Crippen molar-refractivity contribution in [2.75, 3.05) is 43.6 Å². The van der Waals surface area contributed by atoms with Crippen molar-refractivity contribution in [1.29, 1.82) is 0 Å². The minimum absolute atomic E-state index is 0.0432. The molecule has 0 N–H and O–H groups in total. The van der Waals surface area contributed by atoms with Gasteiger partial charge in [0.1, 0.15) is 12.7 Å². The number of fused-ring (bicyclic) bond motifs is 1. The zero-order valence-corrected chi connectivity index (χ0v) is 18.4. The number of morpholine rings is 1. The number of ether oxygens (including phenoxy) is 3. The second-order valence-electron chi connectivity index (χ2n) is 7.51. The van der Waals surface area contributed by atoms with Crippen molar-refractivity contribution in [2.24, 2.45) is 0 Å². The highest BCUT2D eigenvalue weighted by Crippen LogP contribution is 2.34. The van der Waals surface area contributed by atoms with E-state index in [-0.39, 0.29) is 6.10 Å². The van der Waals surface area contributed by atoms with Crippen LogP contribution in [0.1, 0.15) is 12.5 Å². The smallest absolute Gasteiger partial charge is 0.232 e. The molecular formula is C23H26N4O3S. The molecule has 0 amide bonds. The van der Waals surface area contributed by atoms with Crippen LogP contribution in [0.4, 0.5) is 5.95 Å². The van der Waals surface area contributed by atoms with Gasteiger partial charge in [-0.1, -0.05) is 49.0 Å². The molecule has 0 aliphatic carbocycles. The minimum Gasteiger partial charge on any atom is -0.486 e. The van der Waals surface area contributed by atoms with Crippen molar-refractivity contribution in [1.82, 2.24) is 14.8 Å². The summed E-state index contributed by atoms with van der Waals surface area (Å²) in [6.45, 7) is 5.74. The van der Waals surface area contributed by atoms with E-state index in [1.54, 1.807) is 11.8 Å². The Kier molecular flexibility index (Phi) is 5.99. The Balaban J connectivity index is 1.41. The first-order chi connectivity index (χ1) is 15.3. The Labute approximate surface area is 186 Å². The first-order valence-corrected chi connectivity index (χ1v) is 11.7. The van der Waals surface area contributed by atoms with Gasteiger partial charge in [-0.05, 0) is 30.2 Å². The normalized spacial score (nSPS) is 18.2. The molecule has 31 heavy (non-hydrogen) atoms. The van der Waals surface area contributed by atoms with Crippen LogP contribution in [0.25, 0.3) is 5.69 Å². The molecule has 0 saturated carbocycles. The van der Waals surface area contributed by atoms with Crippen LogP contribution in [0.5, 0.6) is 11.5 Å². The second-order valence-corrected chi connectivity index (χ2v) is 8.50. The topological polar surface area (TPSA) is 61.6 Å². The van der Waals surface area contributed by atoms with Crippen molar-refractivity contribution in [3.63, 3.8) is 0 Å². The standard InChI is InChI=1S/C23H26N4O3S/c1-2-17-7-3-4-8-19(17)27-22(26-11-13-28-14-12-26)24-25-23(27)31-16-18-15-29-20-9-5-6-10-21(20)30-18/h3-10,18H,2,11-16H2,1H3/t18-/m0/s1. The molecule has 3 heterocycles. The van der Waals surface area contributed by atoms with Crippen LogP contribution >= 0.6 is 11.8 Å². The van der Waals surface area contributed by atoms with E-state index >= 15 is 0 Å². The number of nitrogens with zero attached hydrogens (tertiary/aromatic N) is 4. The number of benzene rings is 2. The Bertz CT molecular complexity index is 1040. The highest BCUT2D eigenvalue weighted by atomic mass is 32.2. The molecule has 2 aliphatic heterocycles. The number of hydrogen-bond donors (Lipinski definition) is 0. The zero-order valence-electron chi connectivity index (χ0n) is 17.6. The lowest BCUT2D eigenvalue weighted by Gasteiger charge is -2.28. The highest BCUT2D eigenvalue weighted by Gasteiger charge is 2.25. The van der Waals surface area contributed by atoms with Gasteiger partial charge in [-0.3, -0.25) is 4.57 Å². The van der Waals surface area contributed by atoms with E-state index in [9.17, 15) is 0 Å². The van der Waals surface area contributed by atoms with E-state index in [2.05, 4.69) is 50.9 Å². The van der Waals surface area contributed by atoms with Gasteiger partial charge >= 0.3 is 0 Å². The number of hydrogen-bond acceptors (Lipinski definition) is 7. The third-order valence-corrected chi connectivity index (χ3v) is 6.55. The van der Waals surface area contributed by atoms with E-state index in [0.29, 0.717) is 19.8 Å². The van der Waals surface area contributed by atoms with Crippen molar-refractivity contribution in [3.8, 4) is 17.2 Å². The molecule has 2 aromatic carbocycles. The van der Waals surface area contributed by atoms with Gasteiger partial charge in [-0.25, -0.2) is 0 Å². The lowest BCUT2D eigenvalue weighted by molar-refractivity contribution is 0.107. The summed E-state index contributed by atoms with van der Waals surface area (Å²) >= 11 is 1.65. The first-order valence-electron chi connectivity index (χ1n) is 10.7. The van der Waals surface area contributed by atoms with Crippen LogP contribution in [0.2, 0.25) is 0 Å². The molecule has 2 aliphatic rings. The maximum Gasteiger partial charge on any atom is 0.232 e. The zero-order chi connectivity index (χ0) is 21.0. The molecule has 0 radical (unpaired) electrons. The summed E-state index contributed by atoms with van der Waals surface area (Å²) in [6.07, 6.45) is 0.899. The van der Waals surface area contributed by atoms with E-state index in [1.807, 2.05) is 24.3 Å². The minimum atomic E-state index is -0.0432. The quantitative estimate of drug-likeness (QED) is 0.545. The summed E-state index contributed by atoms with van der Waals surface area (Å²) < 4.78 is 19.7. The third-order valence-electron chi connectivity index (χ3n) is 5.49. The van der Waals surface area contributed by atoms with Crippen LogP contribution in [0.3, 0.4) is 0 Å². The number of rotatable bonds is 6. The van der Waals surface area contributed by atoms with Crippen molar-refractivity contribution in [2.45, 2.75) is 24.6 Å². The predicted molar refractivity (Wildman–Crippen MR) is 121 cm³/mol. The molecule has 0 spiro atoms. The molecule has 3 aromatic rings. The Morgan fingerprint density at radius 1 is 1.00 bits per heavy atom. The van der Waals surface area contributed by atoms with E-state index in [0.717, 1.165) is 53.6 Å². The van der Waals surface area contributed by atoms with Gasteiger partial charge in [-0.15, -0.1) is 10.2 Å². The van der Waals surface area contributed by atoms with Gasteiger partial charge in [-0.2, -0.15) is 0 Å². The molecule has 5 rings (SSSR count). The summed E-state index contributed by atoms with van der Waals surface area (Å²) in [5.41, 5.74) is 2.40. The molecule has 1 saturated heterocycles. The Hall–Kier alpha value is -2.71. The van der Waals surface area contributed by atoms with Crippen molar-refractivity contribution >= 4 is 17.7 Å². The largest absolute Gasteiger partial charge is 0.486 e. The fourth-order valence-corrected chi connectivity index (χ4v) is 4.78. The van der Waals surface area contributed by atoms with Crippen LogP contribution in [0, 0.1) is 0 Å². The van der Waals surface area contributed by atoms with Crippen LogP contribution < -0.4 is 14.4 Å². The molecule has 1 fully saturated rings. The van der Waals surface area contributed by atoms with Crippen LogP contribution in [0.15, 0.2) is 53.7 Å². The van der Waals surface area contributed by atoms with E-state index in [1.165, 1.54) is 5.56 Å². The SMILES string of the molecule is CCc1ccccc1-n1c(SC[C@@H]2COc3ccccc3O2)nnc1N1CCOCC1. The molecule has 7 nitrogen and oxygen atoms in total. The van der Waals surface area contributed by atoms with Crippen molar-refractivity contribution in [3.05, 3.63) is 54.1 Å². The van der Waals surface area contributed by atoms with Gasteiger partial charge in [0, 0.05) is 18.8 Å². The molecule has 162 valence electrons. The van der Waals surface area contributed by atoms with Gasteiger partial charge in [0.05, 0.1) is 18.9 Å². The maximum absolute atomic E-state index is 6.14. The van der Waals surface area contributed by atoms with Gasteiger partial charge in [0.2, 0.25) is 5.95 Å². The number of para-hydroxylation sites is 3. The Morgan fingerprint density at radius 2 is 1.77 bits per heavy atom. The van der Waals surface area contributed by atoms with Gasteiger partial charge in [0.25, 0.3) is 0 Å². The van der Waals surface area contributed by atoms with Crippen LogP contribution in [-0.4, -0.2) is 59.5 Å². The van der Waals surface area contributed by atoms with Crippen LogP contribution in [-0.2, 0) is 11.2 Å². The van der Waals surface area contributed by atoms with E-state index in [4.69, 9.17) is 14.2 Å². The predicted octanol–water partition coefficient (Wildman–Crippen LogP) is 3.60. The van der Waals surface area contributed by atoms with Gasteiger partial charge < -0.3 is 19.1 Å². The summed E-state index contributed by atoms with van der Waals surface area (Å²) in [7, 11) is 0. The van der Waals surface area contributed by atoms with E-state index < -0.39 is 0 Å². The molecule has 8 heteroatoms. The first kappa shape index (κ1) is 20.2. The number of thioether (sulfide) groups is 1. The average Bonchev–Trinajstić information content (AvgIpc) is 3.27. The molecule has 0 unspecified atom stereocenters. The monoisotopic (exact) mass is 438 g/mol. The third kappa shape index (κ3) is 4.22. The molecule has 1 aromatic heterocycles. The number of anilines is 1. The lowest BCUT2D eigenvalue weighted by Crippen LogP contribution is -2.38. The van der Waals surface area contributed by atoms with Crippen molar-refractivity contribution < 1.29 is 14.2 Å². The molecule has 0 bridgehead atoms. The summed E-state index contributed by atoms with van der Waals surface area (Å²) in [5, 5.41) is 10.0. The number of aromatic nitrogens is 3. The molecule has 1 atom stereocenters. The lowest BCUT2D eigenvalue weighted by atomic mass is 10.1. The average molecular weight is 439 g/mol. The summed E-state index contributed by atoms with van der Waals surface area (Å²) in [5.74, 6) is 3.20. The molecular weight excluding hydrogens is 412 g/mol.